The Hall–Kier alpha value is -0.900. The molecule has 3 nitrogen and oxygen atoms in total. The largest absolute Gasteiger partial charge is 0.388 e. The van der Waals surface area contributed by atoms with Gasteiger partial charge in [-0.25, -0.2) is 0 Å². The first-order chi connectivity index (χ1) is 9.74. The summed E-state index contributed by atoms with van der Waals surface area (Å²) in [7, 11) is 0. The van der Waals surface area contributed by atoms with Crippen LogP contribution in [0.15, 0.2) is 18.2 Å². The second-order valence-electron chi connectivity index (χ2n) is 6.36. The Labute approximate surface area is 121 Å². The van der Waals surface area contributed by atoms with Gasteiger partial charge in [-0.3, -0.25) is 0 Å². The van der Waals surface area contributed by atoms with E-state index in [2.05, 4.69) is 35.8 Å². The highest BCUT2D eigenvalue weighted by atomic mass is 16.3. The maximum atomic E-state index is 10.6. The van der Waals surface area contributed by atoms with Crippen molar-refractivity contribution < 1.29 is 5.11 Å². The molecule has 0 aromatic heterocycles. The van der Waals surface area contributed by atoms with Gasteiger partial charge in [0, 0.05) is 18.6 Å². The van der Waals surface area contributed by atoms with Crippen LogP contribution in [0.1, 0.15) is 55.4 Å². The van der Waals surface area contributed by atoms with E-state index in [4.69, 9.17) is 0 Å². The Morgan fingerprint density at radius 2 is 2.25 bits per heavy atom. The van der Waals surface area contributed by atoms with E-state index in [1.54, 1.807) is 0 Å². The van der Waals surface area contributed by atoms with Gasteiger partial charge >= 0.3 is 0 Å². The fourth-order valence-electron chi connectivity index (χ4n) is 3.67. The van der Waals surface area contributed by atoms with Crippen LogP contribution in [0.25, 0.3) is 0 Å². The second kappa shape index (κ2) is 6.25. The predicted octanol–water partition coefficient (Wildman–Crippen LogP) is 2.29. The normalized spacial score (nSPS) is 27.9. The zero-order valence-corrected chi connectivity index (χ0v) is 12.4. The summed E-state index contributed by atoms with van der Waals surface area (Å²) in [6.07, 6.45) is 5.30. The Morgan fingerprint density at radius 3 is 3.10 bits per heavy atom. The lowest BCUT2D eigenvalue weighted by molar-refractivity contribution is 0.138. The summed E-state index contributed by atoms with van der Waals surface area (Å²) in [5, 5.41) is 17.7. The van der Waals surface area contributed by atoms with Gasteiger partial charge in [0.25, 0.3) is 0 Å². The van der Waals surface area contributed by atoms with Crippen LogP contribution in [0, 0.1) is 0 Å². The van der Waals surface area contributed by atoms with Crippen molar-refractivity contribution in [1.82, 2.24) is 10.6 Å². The van der Waals surface area contributed by atoms with E-state index in [0.29, 0.717) is 12.1 Å². The van der Waals surface area contributed by atoms with E-state index in [0.717, 1.165) is 31.5 Å². The highest BCUT2D eigenvalue weighted by Crippen LogP contribution is 2.28. The first kappa shape index (κ1) is 14.1. The van der Waals surface area contributed by atoms with Crippen molar-refractivity contribution in [3.05, 3.63) is 34.9 Å². The third-order valence-corrected chi connectivity index (χ3v) is 4.76. The van der Waals surface area contributed by atoms with Crippen LogP contribution >= 0.6 is 0 Å². The molecule has 3 unspecified atom stereocenters. The van der Waals surface area contributed by atoms with Gasteiger partial charge in [0.1, 0.15) is 0 Å². The monoisotopic (exact) mass is 274 g/mol. The number of piperidine rings is 1. The molecular formula is C17H26N2O. The van der Waals surface area contributed by atoms with Crippen LogP contribution < -0.4 is 10.6 Å². The quantitative estimate of drug-likeness (QED) is 0.792. The predicted molar refractivity (Wildman–Crippen MR) is 81.7 cm³/mol. The van der Waals surface area contributed by atoms with E-state index in [1.165, 1.54) is 30.4 Å². The maximum absolute atomic E-state index is 10.6. The molecule has 3 rings (SSSR count). The number of rotatable bonds is 3. The van der Waals surface area contributed by atoms with Crippen LogP contribution in [-0.2, 0) is 13.0 Å². The van der Waals surface area contributed by atoms with Gasteiger partial charge in [0.15, 0.2) is 0 Å². The molecule has 0 radical (unpaired) electrons. The lowest BCUT2D eigenvalue weighted by atomic mass is 9.88. The van der Waals surface area contributed by atoms with Crippen molar-refractivity contribution in [2.45, 2.75) is 63.8 Å². The number of hydrogen-bond donors (Lipinski definition) is 3. The molecular weight excluding hydrogens is 248 g/mol. The second-order valence-corrected chi connectivity index (χ2v) is 6.36. The summed E-state index contributed by atoms with van der Waals surface area (Å²) in [5.41, 5.74) is 3.87. The number of fused-ring (bicyclic) bond motifs is 1. The highest BCUT2D eigenvalue weighted by molar-refractivity contribution is 5.38. The Balaban J connectivity index is 1.72. The zero-order chi connectivity index (χ0) is 13.9. The zero-order valence-electron chi connectivity index (χ0n) is 12.4. The molecule has 1 aromatic rings. The number of aliphatic hydroxyl groups excluding tert-OH is 1. The average Bonchev–Trinajstić information content (AvgIpc) is 2.46. The van der Waals surface area contributed by atoms with Crippen molar-refractivity contribution >= 4 is 0 Å². The van der Waals surface area contributed by atoms with E-state index < -0.39 is 0 Å². The lowest BCUT2D eigenvalue weighted by Crippen LogP contribution is -2.41. The van der Waals surface area contributed by atoms with Crippen molar-refractivity contribution in [2.24, 2.45) is 0 Å². The smallest absolute Gasteiger partial charge is 0.0808 e. The van der Waals surface area contributed by atoms with Gasteiger partial charge in [-0.1, -0.05) is 24.6 Å². The number of aliphatic hydroxyl groups is 1. The molecule has 2 aliphatic heterocycles. The molecule has 0 amide bonds. The van der Waals surface area contributed by atoms with Gasteiger partial charge in [0.2, 0.25) is 0 Å². The number of nitrogens with one attached hydrogen (secondary N) is 2. The van der Waals surface area contributed by atoms with Crippen molar-refractivity contribution in [1.29, 1.82) is 0 Å². The molecule has 3 N–H and O–H groups in total. The molecule has 110 valence electrons. The third-order valence-electron chi connectivity index (χ3n) is 4.76. The fraction of sp³-hybridized carbons (Fsp3) is 0.647. The molecule has 1 aromatic carbocycles. The summed E-state index contributed by atoms with van der Waals surface area (Å²) < 4.78 is 0. The minimum Gasteiger partial charge on any atom is -0.388 e. The molecule has 0 saturated carbocycles. The van der Waals surface area contributed by atoms with Gasteiger partial charge < -0.3 is 15.7 Å². The van der Waals surface area contributed by atoms with E-state index in [1.807, 2.05) is 0 Å². The van der Waals surface area contributed by atoms with Gasteiger partial charge in [-0.2, -0.15) is 0 Å². The summed E-state index contributed by atoms with van der Waals surface area (Å²) in [6, 6.07) is 7.45. The Bertz CT molecular complexity index is 460. The molecule has 0 bridgehead atoms. The van der Waals surface area contributed by atoms with Crippen LogP contribution in [0.5, 0.6) is 0 Å². The fourth-order valence-corrected chi connectivity index (χ4v) is 3.67. The van der Waals surface area contributed by atoms with Gasteiger partial charge in [-0.05, 0) is 55.8 Å². The van der Waals surface area contributed by atoms with Crippen LogP contribution in [-0.4, -0.2) is 23.7 Å². The summed E-state index contributed by atoms with van der Waals surface area (Å²) in [4.78, 5) is 0. The van der Waals surface area contributed by atoms with E-state index >= 15 is 0 Å². The van der Waals surface area contributed by atoms with Crippen LogP contribution in [0.4, 0.5) is 0 Å². The highest BCUT2D eigenvalue weighted by Gasteiger charge is 2.23. The molecule has 1 saturated heterocycles. The lowest BCUT2D eigenvalue weighted by Gasteiger charge is -2.31. The van der Waals surface area contributed by atoms with Gasteiger partial charge in [0.05, 0.1) is 6.10 Å². The molecule has 2 aliphatic rings. The third kappa shape index (κ3) is 3.05. The molecule has 1 fully saturated rings. The van der Waals surface area contributed by atoms with E-state index in [-0.39, 0.29) is 6.10 Å². The Kier molecular flexibility index (Phi) is 4.39. The summed E-state index contributed by atoms with van der Waals surface area (Å²) in [6.45, 7) is 4.19. The van der Waals surface area contributed by atoms with Crippen LogP contribution in [0.3, 0.4) is 0 Å². The van der Waals surface area contributed by atoms with Crippen LogP contribution in [0.2, 0.25) is 0 Å². The van der Waals surface area contributed by atoms with E-state index in [9.17, 15) is 5.11 Å². The Morgan fingerprint density at radius 1 is 1.35 bits per heavy atom. The SMILES string of the molecule is CC1CCCC(CC(O)c2cccc3c2CNCC3)N1. The van der Waals surface area contributed by atoms with Crippen molar-refractivity contribution in [3.63, 3.8) is 0 Å². The molecule has 0 aliphatic carbocycles. The molecule has 2 heterocycles. The summed E-state index contributed by atoms with van der Waals surface area (Å²) >= 11 is 0. The minimum absolute atomic E-state index is 0.340. The number of hydrogen-bond acceptors (Lipinski definition) is 3. The topological polar surface area (TPSA) is 44.3 Å². The summed E-state index contributed by atoms with van der Waals surface area (Å²) in [5.74, 6) is 0. The first-order valence-corrected chi connectivity index (χ1v) is 7.99. The average molecular weight is 274 g/mol. The standard InChI is InChI=1S/C17H26N2O/c1-12-4-2-6-14(19-12)10-17(20)15-7-3-5-13-8-9-18-11-16(13)15/h3,5,7,12,14,17-20H,2,4,6,8-11H2,1H3. The van der Waals surface area contributed by atoms with Gasteiger partial charge in [-0.15, -0.1) is 0 Å². The first-order valence-electron chi connectivity index (χ1n) is 7.99. The maximum Gasteiger partial charge on any atom is 0.0808 e. The molecule has 20 heavy (non-hydrogen) atoms. The molecule has 3 heteroatoms. The molecule has 0 spiro atoms. The molecule has 3 atom stereocenters. The minimum atomic E-state index is -0.340. The van der Waals surface area contributed by atoms with Crippen molar-refractivity contribution in [3.8, 4) is 0 Å². The number of benzene rings is 1. The van der Waals surface area contributed by atoms with Crippen molar-refractivity contribution in [2.75, 3.05) is 6.54 Å².